The molecule has 0 N–H and O–H groups in total. The van der Waals surface area contributed by atoms with Crippen LogP contribution in [0.1, 0.15) is 18.1 Å². The lowest BCUT2D eigenvalue weighted by Gasteiger charge is -2.25. The third-order valence-corrected chi connectivity index (χ3v) is 2.37. The zero-order chi connectivity index (χ0) is 13.1. The molecule has 0 saturated carbocycles. The van der Waals surface area contributed by atoms with Crippen LogP contribution in [0.5, 0.6) is 0 Å². The van der Waals surface area contributed by atoms with Crippen molar-refractivity contribution in [1.29, 1.82) is 5.26 Å². The minimum absolute atomic E-state index is 0.206. The van der Waals surface area contributed by atoms with Crippen LogP contribution in [-0.2, 0) is 0 Å². The number of aryl methyl sites for hydroxylation is 1. The quantitative estimate of drug-likeness (QED) is 0.813. The Hall–Kier alpha value is -1.70. The van der Waals surface area contributed by atoms with Gasteiger partial charge in [0.25, 0.3) is 0 Å². The first kappa shape index (κ1) is 13.4. The van der Waals surface area contributed by atoms with Gasteiger partial charge in [0.15, 0.2) is 0 Å². The van der Waals surface area contributed by atoms with E-state index in [0.29, 0.717) is 5.69 Å². The molecule has 0 heterocycles. The molecule has 2 nitrogen and oxygen atoms in total. The second-order valence-electron chi connectivity index (χ2n) is 3.76. The summed E-state index contributed by atoms with van der Waals surface area (Å²) in [6.45, 7) is 2.58. The molecule has 1 rings (SSSR count). The number of anilines is 1. The van der Waals surface area contributed by atoms with E-state index in [-0.39, 0.29) is 12.1 Å². The zero-order valence-electron chi connectivity index (χ0n) is 9.67. The van der Waals surface area contributed by atoms with Gasteiger partial charge in [-0.3, -0.25) is 0 Å². The second kappa shape index (κ2) is 5.09. The van der Waals surface area contributed by atoms with Gasteiger partial charge in [0.2, 0.25) is 0 Å². The maximum atomic E-state index is 12.4. The standard InChI is InChI=1S/C12H13F3N2/c1-3-17(8-12(13,14)15)11-6-9(2)4-5-10(11)7-16/h4-6H,3,8H2,1-2H3. The van der Waals surface area contributed by atoms with Gasteiger partial charge in [-0.15, -0.1) is 0 Å². The molecule has 0 bridgehead atoms. The predicted molar refractivity (Wildman–Crippen MR) is 59.8 cm³/mol. The van der Waals surface area contributed by atoms with Crippen LogP contribution in [0.2, 0.25) is 0 Å². The largest absolute Gasteiger partial charge is 0.405 e. The van der Waals surface area contributed by atoms with E-state index in [1.54, 1.807) is 32.0 Å². The molecule has 0 fully saturated rings. The summed E-state index contributed by atoms with van der Waals surface area (Å²) < 4.78 is 37.2. The molecule has 0 aliphatic rings. The Bertz CT molecular complexity index is 432. The first-order chi connectivity index (χ1) is 7.87. The van der Waals surface area contributed by atoms with Gasteiger partial charge in [0.1, 0.15) is 12.6 Å². The fourth-order valence-electron chi connectivity index (χ4n) is 1.58. The number of nitrogens with zero attached hydrogens (tertiary/aromatic N) is 2. The highest BCUT2D eigenvalue weighted by molar-refractivity contribution is 5.60. The van der Waals surface area contributed by atoms with Gasteiger partial charge in [0.05, 0.1) is 11.3 Å². The molecule has 0 amide bonds. The van der Waals surface area contributed by atoms with E-state index in [9.17, 15) is 13.2 Å². The molecule has 0 aliphatic heterocycles. The third-order valence-electron chi connectivity index (χ3n) is 2.37. The lowest BCUT2D eigenvalue weighted by molar-refractivity contribution is -0.119. The first-order valence-electron chi connectivity index (χ1n) is 5.20. The van der Waals surface area contributed by atoms with Crippen LogP contribution >= 0.6 is 0 Å². The van der Waals surface area contributed by atoms with Crippen LogP contribution in [-0.4, -0.2) is 19.3 Å². The maximum absolute atomic E-state index is 12.4. The number of rotatable bonds is 3. The molecule has 1 aromatic carbocycles. The van der Waals surface area contributed by atoms with E-state index in [2.05, 4.69) is 0 Å². The van der Waals surface area contributed by atoms with E-state index >= 15 is 0 Å². The minimum Gasteiger partial charge on any atom is -0.362 e. The maximum Gasteiger partial charge on any atom is 0.405 e. The van der Waals surface area contributed by atoms with Crippen LogP contribution in [0.4, 0.5) is 18.9 Å². The number of hydrogen-bond acceptors (Lipinski definition) is 2. The van der Waals surface area contributed by atoms with Crippen LogP contribution in [0, 0.1) is 18.3 Å². The molecule has 1 aromatic rings. The molecule has 0 aromatic heterocycles. The predicted octanol–water partition coefficient (Wildman–Crippen LogP) is 3.26. The minimum atomic E-state index is -4.27. The number of halogens is 3. The molecule has 17 heavy (non-hydrogen) atoms. The van der Waals surface area contributed by atoms with Crippen molar-refractivity contribution >= 4 is 5.69 Å². The van der Waals surface area contributed by atoms with Gasteiger partial charge in [-0.05, 0) is 31.5 Å². The monoisotopic (exact) mass is 242 g/mol. The molecule has 0 atom stereocenters. The summed E-state index contributed by atoms with van der Waals surface area (Å²) in [7, 11) is 0. The van der Waals surface area contributed by atoms with Crippen molar-refractivity contribution in [3.63, 3.8) is 0 Å². The molecule has 0 saturated heterocycles. The average molecular weight is 242 g/mol. The number of benzene rings is 1. The Morgan fingerprint density at radius 1 is 1.35 bits per heavy atom. The lowest BCUT2D eigenvalue weighted by Crippen LogP contribution is -2.34. The molecule has 0 unspecified atom stereocenters. The van der Waals surface area contributed by atoms with Crippen molar-refractivity contribution in [2.45, 2.75) is 20.0 Å². The van der Waals surface area contributed by atoms with Crippen molar-refractivity contribution < 1.29 is 13.2 Å². The van der Waals surface area contributed by atoms with E-state index in [0.717, 1.165) is 10.5 Å². The highest BCUT2D eigenvalue weighted by Crippen LogP contribution is 2.25. The topological polar surface area (TPSA) is 27.0 Å². The van der Waals surface area contributed by atoms with Crippen LogP contribution in [0.15, 0.2) is 18.2 Å². The Morgan fingerprint density at radius 3 is 2.47 bits per heavy atom. The summed E-state index contributed by atoms with van der Waals surface area (Å²) in [5, 5.41) is 8.89. The summed E-state index contributed by atoms with van der Waals surface area (Å²) in [6.07, 6.45) is -4.27. The van der Waals surface area contributed by atoms with Gasteiger partial charge in [-0.2, -0.15) is 18.4 Å². The van der Waals surface area contributed by atoms with E-state index in [1.807, 2.05) is 6.07 Å². The Labute approximate surface area is 98.3 Å². The normalized spacial score (nSPS) is 11.1. The zero-order valence-corrected chi connectivity index (χ0v) is 9.67. The fraction of sp³-hybridized carbons (Fsp3) is 0.417. The molecule has 92 valence electrons. The average Bonchev–Trinajstić information content (AvgIpc) is 2.24. The molecular weight excluding hydrogens is 229 g/mol. The van der Waals surface area contributed by atoms with E-state index in [4.69, 9.17) is 5.26 Å². The van der Waals surface area contributed by atoms with Gasteiger partial charge in [0, 0.05) is 6.54 Å². The summed E-state index contributed by atoms with van der Waals surface area (Å²) in [4.78, 5) is 1.16. The van der Waals surface area contributed by atoms with Crippen molar-refractivity contribution in [2.75, 3.05) is 18.0 Å². The third kappa shape index (κ3) is 3.66. The SMILES string of the molecule is CCN(CC(F)(F)F)c1cc(C)ccc1C#N. The summed E-state index contributed by atoms with van der Waals surface area (Å²) in [6, 6.07) is 6.78. The molecule has 0 spiro atoms. The first-order valence-corrected chi connectivity index (χ1v) is 5.20. The second-order valence-corrected chi connectivity index (χ2v) is 3.76. The lowest BCUT2D eigenvalue weighted by atomic mass is 10.1. The number of hydrogen-bond donors (Lipinski definition) is 0. The fourth-order valence-corrected chi connectivity index (χ4v) is 1.58. The van der Waals surface area contributed by atoms with E-state index in [1.165, 1.54) is 0 Å². The van der Waals surface area contributed by atoms with Gasteiger partial charge >= 0.3 is 6.18 Å². The van der Waals surface area contributed by atoms with Gasteiger partial charge in [-0.25, -0.2) is 0 Å². The van der Waals surface area contributed by atoms with Crippen LogP contribution in [0.3, 0.4) is 0 Å². The van der Waals surface area contributed by atoms with Crippen molar-refractivity contribution in [1.82, 2.24) is 0 Å². The molecule has 5 heteroatoms. The van der Waals surface area contributed by atoms with Gasteiger partial charge < -0.3 is 4.90 Å². The van der Waals surface area contributed by atoms with Crippen molar-refractivity contribution in [3.8, 4) is 6.07 Å². The molecular formula is C12H13F3N2. The Balaban J connectivity index is 3.11. The molecule has 0 aliphatic carbocycles. The number of alkyl halides is 3. The number of nitriles is 1. The highest BCUT2D eigenvalue weighted by atomic mass is 19.4. The summed E-state index contributed by atoms with van der Waals surface area (Å²) in [5.41, 5.74) is 1.44. The van der Waals surface area contributed by atoms with Crippen molar-refractivity contribution in [3.05, 3.63) is 29.3 Å². The van der Waals surface area contributed by atoms with Gasteiger partial charge in [-0.1, -0.05) is 6.07 Å². The molecule has 0 radical (unpaired) electrons. The van der Waals surface area contributed by atoms with Crippen LogP contribution in [0.25, 0.3) is 0 Å². The van der Waals surface area contributed by atoms with Crippen LogP contribution < -0.4 is 4.90 Å². The highest BCUT2D eigenvalue weighted by Gasteiger charge is 2.31. The van der Waals surface area contributed by atoms with E-state index < -0.39 is 12.7 Å². The Kier molecular flexibility index (Phi) is 4.00. The van der Waals surface area contributed by atoms with Crippen molar-refractivity contribution in [2.24, 2.45) is 0 Å². The summed E-state index contributed by atoms with van der Waals surface area (Å²) >= 11 is 0. The summed E-state index contributed by atoms with van der Waals surface area (Å²) in [5.74, 6) is 0. The smallest absolute Gasteiger partial charge is 0.362 e. The Morgan fingerprint density at radius 2 is 2.00 bits per heavy atom.